The number of ether oxygens (including phenoxy) is 2. The topological polar surface area (TPSA) is 123 Å². The van der Waals surface area contributed by atoms with Crippen molar-refractivity contribution < 1.29 is 19.2 Å². The van der Waals surface area contributed by atoms with Crippen molar-refractivity contribution in [2.24, 2.45) is 0 Å². The van der Waals surface area contributed by atoms with Gasteiger partial charge in [-0.25, -0.2) is 9.48 Å². The summed E-state index contributed by atoms with van der Waals surface area (Å²) in [5, 5.41) is 14.9. The maximum Gasteiger partial charge on any atom is 0.343 e. The summed E-state index contributed by atoms with van der Waals surface area (Å²) in [6.07, 6.45) is 1.23. The van der Waals surface area contributed by atoms with E-state index >= 15 is 0 Å². The van der Waals surface area contributed by atoms with Gasteiger partial charge < -0.3 is 15.2 Å². The van der Waals surface area contributed by atoms with Crippen LogP contribution in [-0.2, 0) is 4.74 Å². The Balaban J connectivity index is 2.53. The number of carbonyl (C=O) groups is 1. The molecule has 2 N–H and O–H groups in total. The second-order valence-electron chi connectivity index (χ2n) is 3.96. The van der Waals surface area contributed by atoms with E-state index in [0.29, 0.717) is 5.69 Å². The van der Waals surface area contributed by atoms with E-state index in [1.165, 1.54) is 43.3 Å². The van der Waals surface area contributed by atoms with E-state index in [9.17, 15) is 14.9 Å². The zero-order valence-electron chi connectivity index (χ0n) is 11.3. The lowest BCUT2D eigenvalue weighted by molar-refractivity contribution is -0.385. The molecule has 0 spiro atoms. The van der Waals surface area contributed by atoms with Gasteiger partial charge in [0.25, 0.3) is 0 Å². The first-order valence-corrected chi connectivity index (χ1v) is 5.74. The van der Waals surface area contributed by atoms with Gasteiger partial charge in [-0.05, 0) is 12.1 Å². The van der Waals surface area contributed by atoms with Crippen molar-refractivity contribution in [1.82, 2.24) is 9.78 Å². The van der Waals surface area contributed by atoms with Crippen LogP contribution in [0.15, 0.2) is 24.4 Å². The predicted octanol–water partition coefficient (Wildman–Crippen LogP) is 1.16. The standard InChI is InChI=1S/C12H12N4O5/c1-20-10-4-3-7(5-9(10)16(18)19)15-11(13)8(6-14-15)12(17)21-2/h3-6H,13H2,1-2H3. The van der Waals surface area contributed by atoms with Gasteiger partial charge in [-0.2, -0.15) is 5.10 Å². The number of nitrogen functional groups attached to an aromatic ring is 1. The number of nitro benzene ring substituents is 1. The van der Waals surface area contributed by atoms with Crippen LogP contribution in [-0.4, -0.2) is 34.9 Å². The van der Waals surface area contributed by atoms with Crippen LogP contribution in [0.25, 0.3) is 5.69 Å². The van der Waals surface area contributed by atoms with Crippen LogP contribution >= 0.6 is 0 Å². The molecule has 0 saturated carbocycles. The fourth-order valence-electron chi connectivity index (χ4n) is 1.78. The first-order chi connectivity index (χ1) is 9.99. The number of nitrogens with two attached hydrogens (primary N) is 1. The van der Waals surface area contributed by atoms with E-state index in [1.807, 2.05) is 0 Å². The summed E-state index contributed by atoms with van der Waals surface area (Å²) in [6, 6.07) is 4.21. The van der Waals surface area contributed by atoms with Crippen molar-refractivity contribution in [2.75, 3.05) is 20.0 Å². The highest BCUT2D eigenvalue weighted by molar-refractivity contribution is 5.94. The van der Waals surface area contributed by atoms with E-state index in [0.717, 1.165) is 0 Å². The Labute approximate surface area is 119 Å². The van der Waals surface area contributed by atoms with Crippen molar-refractivity contribution in [2.45, 2.75) is 0 Å². The summed E-state index contributed by atoms with van der Waals surface area (Å²) in [5.74, 6) is -0.495. The maximum atomic E-state index is 11.5. The number of aromatic nitrogens is 2. The monoisotopic (exact) mass is 292 g/mol. The van der Waals surface area contributed by atoms with Crippen molar-refractivity contribution in [3.8, 4) is 11.4 Å². The van der Waals surface area contributed by atoms with Crippen LogP contribution in [0.3, 0.4) is 0 Å². The zero-order valence-corrected chi connectivity index (χ0v) is 11.3. The molecule has 0 aliphatic heterocycles. The Morgan fingerprint density at radius 1 is 1.43 bits per heavy atom. The molecule has 0 unspecified atom stereocenters. The summed E-state index contributed by atoms with van der Waals surface area (Å²) in [4.78, 5) is 21.9. The van der Waals surface area contributed by atoms with Gasteiger partial charge in [-0.3, -0.25) is 10.1 Å². The van der Waals surface area contributed by atoms with E-state index in [4.69, 9.17) is 10.5 Å². The summed E-state index contributed by atoms with van der Waals surface area (Å²) in [6.45, 7) is 0. The summed E-state index contributed by atoms with van der Waals surface area (Å²) in [7, 11) is 2.55. The molecule has 0 amide bonds. The fourth-order valence-corrected chi connectivity index (χ4v) is 1.78. The largest absolute Gasteiger partial charge is 0.490 e. The van der Waals surface area contributed by atoms with Crippen LogP contribution in [0.2, 0.25) is 0 Å². The maximum absolute atomic E-state index is 11.5. The molecule has 1 heterocycles. The summed E-state index contributed by atoms with van der Waals surface area (Å²) >= 11 is 0. The molecule has 0 bridgehead atoms. The molecule has 9 nitrogen and oxygen atoms in total. The first-order valence-electron chi connectivity index (χ1n) is 5.74. The lowest BCUT2D eigenvalue weighted by Gasteiger charge is -2.07. The number of carbonyl (C=O) groups excluding carboxylic acids is 1. The lowest BCUT2D eigenvalue weighted by atomic mass is 10.2. The Kier molecular flexibility index (Phi) is 3.74. The Morgan fingerprint density at radius 2 is 2.14 bits per heavy atom. The highest BCUT2D eigenvalue weighted by atomic mass is 16.6. The highest BCUT2D eigenvalue weighted by Crippen LogP contribution is 2.30. The molecule has 0 radical (unpaired) electrons. The van der Waals surface area contributed by atoms with Gasteiger partial charge in [-0.1, -0.05) is 0 Å². The van der Waals surface area contributed by atoms with E-state index < -0.39 is 10.9 Å². The molecule has 110 valence electrons. The minimum atomic E-state index is -0.637. The quantitative estimate of drug-likeness (QED) is 0.509. The van der Waals surface area contributed by atoms with Crippen molar-refractivity contribution >= 4 is 17.5 Å². The fraction of sp³-hybridized carbons (Fsp3) is 0.167. The number of benzene rings is 1. The Bertz CT molecular complexity index is 710. The van der Waals surface area contributed by atoms with Crippen molar-refractivity contribution in [3.63, 3.8) is 0 Å². The van der Waals surface area contributed by atoms with Gasteiger partial charge in [0.15, 0.2) is 5.75 Å². The van der Waals surface area contributed by atoms with Crippen LogP contribution in [0.4, 0.5) is 11.5 Å². The van der Waals surface area contributed by atoms with Gasteiger partial charge in [0, 0.05) is 6.07 Å². The zero-order chi connectivity index (χ0) is 15.6. The number of nitrogens with zero attached hydrogens (tertiary/aromatic N) is 3. The van der Waals surface area contributed by atoms with E-state index in [2.05, 4.69) is 9.84 Å². The number of hydrogen-bond donors (Lipinski definition) is 1. The molecular formula is C12H12N4O5. The van der Waals surface area contributed by atoms with E-state index in [-0.39, 0.29) is 22.8 Å². The predicted molar refractivity (Wildman–Crippen MR) is 72.5 cm³/mol. The molecule has 2 rings (SSSR count). The molecule has 9 heteroatoms. The minimum Gasteiger partial charge on any atom is -0.490 e. The molecule has 0 fully saturated rings. The van der Waals surface area contributed by atoms with Crippen LogP contribution in [0.5, 0.6) is 5.75 Å². The number of rotatable bonds is 4. The third kappa shape index (κ3) is 2.48. The van der Waals surface area contributed by atoms with Gasteiger partial charge in [0.1, 0.15) is 11.4 Å². The molecule has 2 aromatic rings. The van der Waals surface area contributed by atoms with Crippen molar-refractivity contribution in [1.29, 1.82) is 0 Å². The van der Waals surface area contributed by atoms with Crippen LogP contribution < -0.4 is 10.5 Å². The third-order valence-corrected chi connectivity index (χ3v) is 2.82. The van der Waals surface area contributed by atoms with Crippen LogP contribution in [0, 0.1) is 10.1 Å². The smallest absolute Gasteiger partial charge is 0.343 e. The first kappa shape index (κ1) is 14.3. The van der Waals surface area contributed by atoms with E-state index in [1.54, 1.807) is 0 Å². The molecule has 0 saturated heterocycles. The second-order valence-corrected chi connectivity index (χ2v) is 3.96. The highest BCUT2D eigenvalue weighted by Gasteiger charge is 2.20. The average molecular weight is 292 g/mol. The Morgan fingerprint density at radius 3 is 2.71 bits per heavy atom. The molecule has 21 heavy (non-hydrogen) atoms. The molecule has 0 atom stereocenters. The minimum absolute atomic E-state index is 0.0290. The second kappa shape index (κ2) is 5.49. The third-order valence-electron chi connectivity index (χ3n) is 2.82. The van der Waals surface area contributed by atoms with Gasteiger partial charge in [0.2, 0.25) is 0 Å². The number of hydrogen-bond acceptors (Lipinski definition) is 7. The normalized spacial score (nSPS) is 10.2. The van der Waals surface area contributed by atoms with Gasteiger partial charge in [0.05, 0.1) is 31.0 Å². The molecule has 0 aliphatic carbocycles. The molecular weight excluding hydrogens is 280 g/mol. The van der Waals surface area contributed by atoms with Gasteiger partial charge >= 0.3 is 11.7 Å². The average Bonchev–Trinajstić information content (AvgIpc) is 2.87. The Hall–Kier alpha value is -3.10. The lowest BCUT2D eigenvalue weighted by Crippen LogP contribution is -2.07. The van der Waals surface area contributed by atoms with Gasteiger partial charge in [-0.15, -0.1) is 0 Å². The SMILES string of the molecule is COC(=O)c1cnn(-c2ccc(OC)c([N+](=O)[O-])c2)c1N. The molecule has 0 aliphatic rings. The molecule has 1 aromatic carbocycles. The molecule has 1 aromatic heterocycles. The van der Waals surface area contributed by atoms with Crippen molar-refractivity contribution in [3.05, 3.63) is 40.1 Å². The number of anilines is 1. The summed E-state index contributed by atoms with van der Waals surface area (Å²) < 4.78 is 10.7. The van der Waals surface area contributed by atoms with Crippen LogP contribution in [0.1, 0.15) is 10.4 Å². The number of nitro groups is 1. The summed E-state index contributed by atoms with van der Waals surface area (Å²) in [5.41, 5.74) is 5.98. The number of methoxy groups -OCH3 is 2. The number of esters is 1.